The Hall–Kier alpha value is -1.74. The molecule has 30 heavy (non-hydrogen) atoms. The maximum Gasteiger partial charge on any atom is 0.253 e. The summed E-state index contributed by atoms with van der Waals surface area (Å²) in [5, 5.41) is 0. The molecule has 9 heteroatoms. The number of piperidine rings is 1. The van der Waals surface area contributed by atoms with Gasteiger partial charge in [0.15, 0.2) is 9.84 Å². The van der Waals surface area contributed by atoms with Crippen LogP contribution in [0.15, 0.2) is 10.9 Å². The number of hydrogen-bond donors (Lipinski definition) is 0. The van der Waals surface area contributed by atoms with Crippen molar-refractivity contribution >= 4 is 15.7 Å². The van der Waals surface area contributed by atoms with Crippen LogP contribution < -0.4 is 5.56 Å². The van der Waals surface area contributed by atoms with Crippen molar-refractivity contribution in [1.29, 1.82) is 0 Å². The van der Waals surface area contributed by atoms with Crippen LogP contribution >= 0.6 is 0 Å². The second kappa shape index (κ2) is 8.78. The number of rotatable bonds is 4. The molecule has 2 saturated heterocycles. The number of amides is 1. The fourth-order valence-electron chi connectivity index (χ4n) is 4.93. The van der Waals surface area contributed by atoms with Crippen LogP contribution in [0.2, 0.25) is 0 Å². The van der Waals surface area contributed by atoms with Crippen LogP contribution in [0.4, 0.5) is 0 Å². The number of sulfone groups is 1. The lowest BCUT2D eigenvalue weighted by Crippen LogP contribution is -2.45. The number of likely N-dealkylation sites (N-methyl/N-ethyl adjacent to an activating group) is 1. The predicted octanol–water partition coefficient (Wildman–Crippen LogP) is 0.795. The average Bonchev–Trinajstić information content (AvgIpc) is 2.93. The van der Waals surface area contributed by atoms with E-state index in [2.05, 4.69) is 0 Å². The summed E-state index contributed by atoms with van der Waals surface area (Å²) in [6.45, 7) is 2.33. The van der Waals surface area contributed by atoms with Crippen molar-refractivity contribution in [3.05, 3.63) is 27.9 Å². The van der Waals surface area contributed by atoms with E-state index in [9.17, 15) is 18.0 Å². The minimum atomic E-state index is -2.95. The number of hydrogen-bond acceptors (Lipinski definition) is 6. The van der Waals surface area contributed by atoms with Crippen molar-refractivity contribution in [2.45, 2.75) is 63.5 Å². The quantitative estimate of drug-likeness (QED) is 0.693. The van der Waals surface area contributed by atoms with Gasteiger partial charge in [-0.05, 0) is 39.2 Å². The van der Waals surface area contributed by atoms with Crippen LogP contribution in [-0.4, -0.2) is 77.9 Å². The number of aryl methyl sites for hydroxylation is 1. The Balaban J connectivity index is 1.34. The maximum absolute atomic E-state index is 12.7. The molecule has 0 saturated carbocycles. The lowest BCUT2D eigenvalue weighted by atomic mass is 9.93. The zero-order valence-electron chi connectivity index (χ0n) is 17.8. The standard InChI is InChI=1S/C21H32N4O4S/c1-23(17-8-12-30(28,29)15-17)14-21(27)24-10-6-16(7-11-24)18-13-20(26)25-9-4-2-3-5-19(25)22-18/h13,16-17H,2-12,14-15H2,1H3/t17-/m1/s1. The van der Waals surface area contributed by atoms with E-state index in [1.165, 1.54) is 0 Å². The van der Waals surface area contributed by atoms with Gasteiger partial charge in [0, 0.05) is 44.1 Å². The van der Waals surface area contributed by atoms with Crippen LogP contribution in [-0.2, 0) is 27.6 Å². The first-order chi connectivity index (χ1) is 14.3. The number of nitrogens with zero attached hydrogens (tertiary/aromatic N) is 4. The number of aromatic nitrogens is 2. The van der Waals surface area contributed by atoms with Gasteiger partial charge >= 0.3 is 0 Å². The molecule has 2 fully saturated rings. The molecule has 166 valence electrons. The van der Waals surface area contributed by atoms with E-state index in [4.69, 9.17) is 4.98 Å². The maximum atomic E-state index is 12.7. The highest BCUT2D eigenvalue weighted by Gasteiger charge is 2.33. The molecule has 0 aliphatic carbocycles. The number of carbonyl (C=O) groups excluding carboxylic acids is 1. The molecule has 1 amide bonds. The van der Waals surface area contributed by atoms with Gasteiger partial charge in [-0.3, -0.25) is 19.1 Å². The number of likely N-dealkylation sites (tertiary alicyclic amines) is 1. The molecule has 4 heterocycles. The average molecular weight is 437 g/mol. The Morgan fingerprint density at radius 1 is 1.17 bits per heavy atom. The largest absolute Gasteiger partial charge is 0.342 e. The van der Waals surface area contributed by atoms with E-state index in [0.717, 1.165) is 56.6 Å². The smallest absolute Gasteiger partial charge is 0.253 e. The van der Waals surface area contributed by atoms with E-state index in [1.54, 1.807) is 6.07 Å². The van der Waals surface area contributed by atoms with Gasteiger partial charge in [0.25, 0.3) is 5.56 Å². The first kappa shape index (κ1) is 21.5. The van der Waals surface area contributed by atoms with Crippen LogP contribution in [0.25, 0.3) is 0 Å². The van der Waals surface area contributed by atoms with Gasteiger partial charge < -0.3 is 4.90 Å². The van der Waals surface area contributed by atoms with Gasteiger partial charge in [-0.1, -0.05) is 6.42 Å². The Kier molecular flexibility index (Phi) is 6.29. The summed E-state index contributed by atoms with van der Waals surface area (Å²) in [5.74, 6) is 1.55. The van der Waals surface area contributed by atoms with E-state index < -0.39 is 9.84 Å². The van der Waals surface area contributed by atoms with Gasteiger partial charge in [0.2, 0.25) is 5.91 Å². The van der Waals surface area contributed by atoms with E-state index in [-0.39, 0.29) is 41.5 Å². The Labute approximate surface area is 178 Å². The molecular formula is C21H32N4O4S. The molecule has 4 rings (SSSR count). The highest BCUT2D eigenvalue weighted by atomic mass is 32.2. The van der Waals surface area contributed by atoms with Crippen molar-refractivity contribution < 1.29 is 13.2 Å². The van der Waals surface area contributed by atoms with Crippen LogP contribution in [0.3, 0.4) is 0 Å². The molecule has 8 nitrogen and oxygen atoms in total. The Morgan fingerprint density at radius 2 is 1.93 bits per heavy atom. The first-order valence-corrected chi connectivity index (χ1v) is 12.9. The third-order valence-corrected chi connectivity index (χ3v) is 8.62. The Bertz CT molecular complexity index is 950. The summed E-state index contributed by atoms with van der Waals surface area (Å²) in [6.07, 6.45) is 6.35. The second-order valence-electron chi connectivity index (χ2n) is 9.02. The first-order valence-electron chi connectivity index (χ1n) is 11.1. The van der Waals surface area contributed by atoms with Crippen molar-refractivity contribution in [3.8, 4) is 0 Å². The highest BCUT2D eigenvalue weighted by molar-refractivity contribution is 7.91. The normalized spacial score (nSPS) is 24.6. The summed E-state index contributed by atoms with van der Waals surface area (Å²) in [7, 11) is -1.12. The minimum absolute atomic E-state index is 0.0511. The van der Waals surface area contributed by atoms with Crippen molar-refractivity contribution in [1.82, 2.24) is 19.4 Å². The van der Waals surface area contributed by atoms with Gasteiger partial charge in [0.05, 0.1) is 23.7 Å². The number of fused-ring (bicyclic) bond motifs is 1. The molecule has 1 atom stereocenters. The number of carbonyl (C=O) groups is 1. The molecule has 3 aliphatic heterocycles. The zero-order valence-corrected chi connectivity index (χ0v) is 18.6. The SMILES string of the molecule is CN(CC(=O)N1CCC(c2cc(=O)n3c(n2)CCCCC3)CC1)[C@@H]1CCS(=O)(=O)C1. The molecule has 3 aliphatic rings. The van der Waals surface area contributed by atoms with Gasteiger partial charge in [-0.15, -0.1) is 0 Å². The molecule has 0 bridgehead atoms. The molecule has 1 aromatic rings. The van der Waals surface area contributed by atoms with Gasteiger partial charge in [0.1, 0.15) is 5.82 Å². The molecule has 0 aromatic carbocycles. The van der Waals surface area contributed by atoms with Crippen molar-refractivity contribution in [3.63, 3.8) is 0 Å². The van der Waals surface area contributed by atoms with Crippen molar-refractivity contribution in [2.24, 2.45) is 0 Å². The summed E-state index contributed by atoms with van der Waals surface area (Å²) >= 11 is 0. The van der Waals surface area contributed by atoms with Crippen LogP contribution in [0, 0.1) is 0 Å². The van der Waals surface area contributed by atoms with Crippen molar-refractivity contribution in [2.75, 3.05) is 38.2 Å². The minimum Gasteiger partial charge on any atom is -0.342 e. The third kappa shape index (κ3) is 4.77. The molecule has 0 N–H and O–H groups in total. The molecule has 0 radical (unpaired) electrons. The molecule has 1 aromatic heterocycles. The summed E-state index contributed by atoms with van der Waals surface area (Å²) in [4.78, 5) is 33.9. The zero-order chi connectivity index (χ0) is 21.3. The fourth-order valence-corrected chi connectivity index (χ4v) is 6.74. The molecule has 0 spiro atoms. The van der Waals surface area contributed by atoms with E-state index in [1.807, 2.05) is 21.4 Å². The lowest BCUT2D eigenvalue weighted by molar-refractivity contribution is -0.133. The van der Waals surface area contributed by atoms with Crippen LogP contribution in [0.5, 0.6) is 0 Å². The Morgan fingerprint density at radius 3 is 2.63 bits per heavy atom. The lowest BCUT2D eigenvalue weighted by Gasteiger charge is -2.33. The topological polar surface area (TPSA) is 92.6 Å². The van der Waals surface area contributed by atoms with E-state index in [0.29, 0.717) is 19.5 Å². The van der Waals surface area contributed by atoms with Gasteiger partial charge in [-0.25, -0.2) is 13.4 Å². The predicted molar refractivity (Wildman–Crippen MR) is 114 cm³/mol. The van der Waals surface area contributed by atoms with Crippen LogP contribution in [0.1, 0.15) is 56.0 Å². The summed E-state index contributed by atoms with van der Waals surface area (Å²) < 4.78 is 25.2. The second-order valence-corrected chi connectivity index (χ2v) is 11.3. The van der Waals surface area contributed by atoms with Gasteiger partial charge in [-0.2, -0.15) is 0 Å². The highest BCUT2D eigenvalue weighted by Crippen LogP contribution is 2.27. The van der Waals surface area contributed by atoms with E-state index >= 15 is 0 Å². The summed E-state index contributed by atoms with van der Waals surface area (Å²) in [5.41, 5.74) is 0.942. The fraction of sp³-hybridized carbons (Fsp3) is 0.762. The monoisotopic (exact) mass is 436 g/mol. The summed E-state index contributed by atoms with van der Waals surface area (Å²) in [6, 6.07) is 1.64. The molecular weight excluding hydrogens is 404 g/mol. The third-order valence-electron chi connectivity index (χ3n) is 6.87. The molecule has 0 unspecified atom stereocenters.